The highest BCUT2D eigenvalue weighted by atomic mass is 127. The van der Waals surface area contributed by atoms with E-state index in [9.17, 15) is 4.39 Å². The Bertz CT molecular complexity index is 597. The Hall–Kier alpha value is -1.13. The molecule has 0 spiro atoms. The molecule has 6 nitrogen and oxygen atoms in total. The van der Waals surface area contributed by atoms with Gasteiger partial charge in [-0.3, -0.25) is 9.89 Å². The van der Waals surface area contributed by atoms with Gasteiger partial charge in [0.15, 0.2) is 17.5 Å². The molecular formula is C20H34FIN4O2. The second-order valence-electron chi connectivity index (χ2n) is 7.15. The fourth-order valence-corrected chi connectivity index (χ4v) is 3.16. The molecule has 1 aromatic rings. The van der Waals surface area contributed by atoms with Gasteiger partial charge in [-0.1, -0.05) is 26.0 Å². The highest BCUT2D eigenvalue weighted by Crippen LogP contribution is 2.16. The van der Waals surface area contributed by atoms with Gasteiger partial charge < -0.3 is 20.1 Å². The molecule has 2 rings (SSSR count). The van der Waals surface area contributed by atoms with Crippen molar-refractivity contribution in [2.45, 2.75) is 32.9 Å². The van der Waals surface area contributed by atoms with E-state index in [0.717, 1.165) is 38.8 Å². The standard InChI is InChI=1S/C20H33FN4O2.HI/c1-15(2)18(25-9-11-26-12-10-25)14-24-20(22-4)23-13-16(3)27-19-8-6-5-7-17(19)21;/h5-8,15-16,18H,9-14H2,1-4H3,(H2,22,23,24);1H. The van der Waals surface area contributed by atoms with Crippen molar-refractivity contribution in [2.75, 3.05) is 46.4 Å². The zero-order valence-corrected chi connectivity index (χ0v) is 19.6. The number of guanidine groups is 1. The van der Waals surface area contributed by atoms with Crippen LogP contribution >= 0.6 is 24.0 Å². The van der Waals surface area contributed by atoms with E-state index in [0.29, 0.717) is 18.5 Å². The van der Waals surface area contributed by atoms with E-state index in [2.05, 4.69) is 34.4 Å². The number of rotatable bonds is 8. The van der Waals surface area contributed by atoms with Gasteiger partial charge in [-0.2, -0.15) is 0 Å². The van der Waals surface area contributed by atoms with Gasteiger partial charge in [-0.25, -0.2) is 4.39 Å². The Labute approximate surface area is 185 Å². The minimum atomic E-state index is -0.350. The predicted octanol–water partition coefficient (Wildman–Crippen LogP) is 2.73. The molecule has 1 fully saturated rings. The van der Waals surface area contributed by atoms with Crippen LogP contribution in [-0.2, 0) is 4.74 Å². The van der Waals surface area contributed by atoms with Crippen LogP contribution in [0.4, 0.5) is 4.39 Å². The molecule has 0 aliphatic carbocycles. The molecule has 1 heterocycles. The van der Waals surface area contributed by atoms with Gasteiger partial charge in [-0.05, 0) is 25.0 Å². The van der Waals surface area contributed by atoms with E-state index in [1.807, 2.05) is 6.92 Å². The first kappa shape index (κ1) is 24.9. The van der Waals surface area contributed by atoms with Crippen molar-refractivity contribution in [3.05, 3.63) is 30.1 Å². The molecule has 160 valence electrons. The van der Waals surface area contributed by atoms with Crippen molar-refractivity contribution in [2.24, 2.45) is 10.9 Å². The summed E-state index contributed by atoms with van der Waals surface area (Å²) >= 11 is 0. The second-order valence-corrected chi connectivity index (χ2v) is 7.15. The molecule has 2 N–H and O–H groups in total. The maximum Gasteiger partial charge on any atom is 0.191 e. The Morgan fingerprint density at radius 1 is 1.18 bits per heavy atom. The summed E-state index contributed by atoms with van der Waals surface area (Å²) in [4.78, 5) is 6.75. The van der Waals surface area contributed by atoms with Crippen LogP contribution in [0.2, 0.25) is 0 Å². The van der Waals surface area contributed by atoms with Crippen LogP contribution < -0.4 is 15.4 Å². The predicted molar refractivity (Wildman–Crippen MR) is 122 cm³/mol. The lowest BCUT2D eigenvalue weighted by Crippen LogP contribution is -2.53. The van der Waals surface area contributed by atoms with E-state index in [-0.39, 0.29) is 41.6 Å². The van der Waals surface area contributed by atoms with Crippen LogP contribution in [-0.4, -0.2) is 69.4 Å². The lowest BCUT2D eigenvalue weighted by atomic mass is 10.0. The van der Waals surface area contributed by atoms with Crippen molar-refractivity contribution < 1.29 is 13.9 Å². The topological polar surface area (TPSA) is 58.1 Å². The fourth-order valence-electron chi connectivity index (χ4n) is 3.16. The molecule has 1 aliphatic rings. The van der Waals surface area contributed by atoms with Crippen LogP contribution in [0.25, 0.3) is 0 Å². The van der Waals surface area contributed by atoms with Crippen molar-refractivity contribution in [3.8, 4) is 5.75 Å². The third-order valence-electron chi connectivity index (χ3n) is 4.71. The Balaban J connectivity index is 0.00000392. The molecule has 0 saturated carbocycles. The number of benzene rings is 1. The molecule has 0 aromatic heterocycles. The van der Waals surface area contributed by atoms with Gasteiger partial charge in [0.05, 0.1) is 19.8 Å². The summed E-state index contributed by atoms with van der Waals surface area (Å²) in [5.41, 5.74) is 0. The second kappa shape index (κ2) is 13.2. The van der Waals surface area contributed by atoms with Gasteiger partial charge >= 0.3 is 0 Å². The van der Waals surface area contributed by atoms with E-state index in [1.165, 1.54) is 6.07 Å². The summed E-state index contributed by atoms with van der Waals surface area (Å²) in [6.45, 7) is 11.2. The van der Waals surface area contributed by atoms with Gasteiger partial charge in [-0.15, -0.1) is 24.0 Å². The summed E-state index contributed by atoms with van der Waals surface area (Å²) in [5.74, 6) is 1.16. The van der Waals surface area contributed by atoms with Crippen molar-refractivity contribution >= 4 is 29.9 Å². The molecule has 28 heavy (non-hydrogen) atoms. The number of para-hydroxylation sites is 1. The Kier molecular flexibility index (Phi) is 11.7. The van der Waals surface area contributed by atoms with E-state index >= 15 is 0 Å². The molecule has 0 bridgehead atoms. The molecule has 0 radical (unpaired) electrons. The van der Waals surface area contributed by atoms with Crippen molar-refractivity contribution in [3.63, 3.8) is 0 Å². The molecule has 1 saturated heterocycles. The number of morpholine rings is 1. The van der Waals surface area contributed by atoms with Gasteiger partial charge in [0.25, 0.3) is 0 Å². The SMILES string of the molecule is CN=C(NCC(C)Oc1ccccc1F)NCC(C(C)C)N1CCOCC1.I. The summed E-state index contributed by atoms with van der Waals surface area (Å²) in [5, 5.41) is 6.66. The molecule has 2 atom stereocenters. The fraction of sp³-hybridized carbons (Fsp3) is 0.650. The average Bonchev–Trinajstić information content (AvgIpc) is 2.67. The van der Waals surface area contributed by atoms with E-state index in [4.69, 9.17) is 9.47 Å². The summed E-state index contributed by atoms with van der Waals surface area (Å²) in [7, 11) is 1.75. The smallest absolute Gasteiger partial charge is 0.191 e. The minimum absolute atomic E-state index is 0. The van der Waals surface area contributed by atoms with Gasteiger partial charge in [0, 0.05) is 32.7 Å². The Morgan fingerprint density at radius 3 is 2.43 bits per heavy atom. The molecule has 0 amide bonds. The third-order valence-corrected chi connectivity index (χ3v) is 4.71. The van der Waals surface area contributed by atoms with Crippen LogP contribution in [0.5, 0.6) is 5.75 Å². The normalized spacial score (nSPS) is 17.6. The zero-order valence-electron chi connectivity index (χ0n) is 17.3. The molecular weight excluding hydrogens is 474 g/mol. The van der Waals surface area contributed by atoms with Crippen LogP contribution in [0.1, 0.15) is 20.8 Å². The number of nitrogens with one attached hydrogen (secondary N) is 2. The first-order chi connectivity index (χ1) is 13.0. The maximum absolute atomic E-state index is 13.7. The highest BCUT2D eigenvalue weighted by Gasteiger charge is 2.24. The number of ether oxygens (including phenoxy) is 2. The first-order valence-corrected chi connectivity index (χ1v) is 9.68. The lowest BCUT2D eigenvalue weighted by molar-refractivity contribution is 0.00751. The lowest BCUT2D eigenvalue weighted by Gasteiger charge is -2.37. The largest absolute Gasteiger partial charge is 0.486 e. The van der Waals surface area contributed by atoms with E-state index in [1.54, 1.807) is 25.2 Å². The zero-order chi connectivity index (χ0) is 19.6. The molecule has 1 aromatic carbocycles. The first-order valence-electron chi connectivity index (χ1n) is 9.68. The highest BCUT2D eigenvalue weighted by molar-refractivity contribution is 14.0. The van der Waals surface area contributed by atoms with Crippen molar-refractivity contribution in [1.29, 1.82) is 0 Å². The van der Waals surface area contributed by atoms with Crippen LogP contribution in [0.3, 0.4) is 0 Å². The minimum Gasteiger partial charge on any atom is -0.486 e. The van der Waals surface area contributed by atoms with Gasteiger partial charge in [0.2, 0.25) is 0 Å². The number of nitrogens with zero attached hydrogens (tertiary/aromatic N) is 2. The number of hydrogen-bond acceptors (Lipinski definition) is 4. The maximum atomic E-state index is 13.7. The molecule has 8 heteroatoms. The monoisotopic (exact) mass is 508 g/mol. The summed E-state index contributed by atoms with van der Waals surface area (Å²) < 4.78 is 24.8. The number of halogens is 2. The van der Waals surface area contributed by atoms with Crippen LogP contribution in [0, 0.1) is 11.7 Å². The van der Waals surface area contributed by atoms with Gasteiger partial charge in [0.1, 0.15) is 6.10 Å². The summed E-state index contributed by atoms with van der Waals surface area (Å²) in [6, 6.07) is 6.86. The number of hydrogen-bond donors (Lipinski definition) is 2. The van der Waals surface area contributed by atoms with Crippen molar-refractivity contribution in [1.82, 2.24) is 15.5 Å². The quantitative estimate of drug-likeness (QED) is 0.322. The average molecular weight is 508 g/mol. The molecule has 2 unspecified atom stereocenters. The molecule has 1 aliphatic heterocycles. The van der Waals surface area contributed by atoms with E-state index < -0.39 is 0 Å². The summed E-state index contributed by atoms with van der Waals surface area (Å²) in [6.07, 6.45) is -0.194. The number of aliphatic imine (C=N–C) groups is 1. The third kappa shape index (κ3) is 8.08. The van der Waals surface area contributed by atoms with Crippen LogP contribution in [0.15, 0.2) is 29.3 Å². The Morgan fingerprint density at radius 2 is 1.82 bits per heavy atom.